The highest BCUT2D eigenvalue weighted by atomic mass is 79.9. The van der Waals surface area contributed by atoms with E-state index in [0.29, 0.717) is 11.4 Å². The molecule has 6 nitrogen and oxygen atoms in total. The van der Waals surface area contributed by atoms with Crippen molar-refractivity contribution in [3.63, 3.8) is 0 Å². The summed E-state index contributed by atoms with van der Waals surface area (Å²) in [6.45, 7) is 1.61. The molecule has 0 unspecified atom stereocenters. The van der Waals surface area contributed by atoms with Crippen molar-refractivity contribution in [1.29, 1.82) is 0 Å². The lowest BCUT2D eigenvalue weighted by Gasteiger charge is -2.14. The van der Waals surface area contributed by atoms with Gasteiger partial charge in [0.15, 0.2) is 6.61 Å². The van der Waals surface area contributed by atoms with Crippen LogP contribution in [-0.2, 0) is 14.8 Å². The van der Waals surface area contributed by atoms with Gasteiger partial charge in [-0.2, -0.15) is 0 Å². The summed E-state index contributed by atoms with van der Waals surface area (Å²) in [5.74, 6) is 0.207. The van der Waals surface area contributed by atoms with Gasteiger partial charge in [-0.1, -0.05) is 34.1 Å². The Labute approximate surface area is 178 Å². The number of hydrogen-bond donors (Lipinski definition) is 1. The second kappa shape index (κ2) is 8.52. The number of nitrogens with zero attached hydrogens (tertiary/aromatic N) is 1. The molecule has 1 N–H and O–H groups in total. The van der Waals surface area contributed by atoms with Gasteiger partial charge in [0.05, 0.1) is 4.90 Å². The summed E-state index contributed by atoms with van der Waals surface area (Å²) in [4.78, 5) is 12.5. The summed E-state index contributed by atoms with van der Waals surface area (Å²) < 4.78 is 32.3. The molecule has 0 aliphatic carbocycles. The third-order valence-corrected chi connectivity index (χ3v) is 6.71. The van der Waals surface area contributed by atoms with Crippen LogP contribution in [0.2, 0.25) is 0 Å². The number of rotatable bonds is 6. The van der Waals surface area contributed by atoms with E-state index in [1.807, 2.05) is 30.3 Å². The largest absolute Gasteiger partial charge is 0.484 e. The highest BCUT2D eigenvalue weighted by molar-refractivity contribution is 9.10. The number of amides is 1. The van der Waals surface area contributed by atoms with Gasteiger partial charge < -0.3 is 10.1 Å². The quantitative estimate of drug-likeness (QED) is 0.578. The molecule has 0 spiro atoms. The molecule has 152 valence electrons. The van der Waals surface area contributed by atoms with Gasteiger partial charge in [0.1, 0.15) is 5.75 Å². The van der Waals surface area contributed by atoms with Gasteiger partial charge in [-0.15, -0.1) is 0 Å². The predicted molar refractivity (Wildman–Crippen MR) is 118 cm³/mol. The highest BCUT2D eigenvalue weighted by Gasteiger charge is 2.18. The molecule has 0 radical (unpaired) electrons. The summed E-state index contributed by atoms with van der Waals surface area (Å²) in [6, 6.07) is 16.1. The van der Waals surface area contributed by atoms with Crippen molar-refractivity contribution in [3.8, 4) is 5.75 Å². The second-order valence-corrected chi connectivity index (χ2v) is 9.82. The molecule has 1 amide bonds. The molecular weight excluding hydrogens is 456 g/mol. The summed E-state index contributed by atoms with van der Waals surface area (Å²) in [5.41, 5.74) is 1.19. The Morgan fingerprint density at radius 1 is 1.03 bits per heavy atom. The molecule has 0 bridgehead atoms. The van der Waals surface area contributed by atoms with Gasteiger partial charge in [0.25, 0.3) is 5.91 Å². The van der Waals surface area contributed by atoms with Crippen LogP contribution in [0.5, 0.6) is 5.75 Å². The number of nitrogens with one attached hydrogen (secondary N) is 1. The highest BCUT2D eigenvalue weighted by Crippen LogP contribution is 2.25. The minimum absolute atomic E-state index is 0.116. The monoisotopic (exact) mass is 476 g/mol. The number of carbonyl (C=O) groups excluding carboxylic acids is 1. The molecule has 8 heteroatoms. The molecule has 0 aromatic heterocycles. The maximum absolute atomic E-state index is 12.3. The predicted octanol–water partition coefficient (Wildman–Crippen LogP) is 4.18. The Balaban J connectivity index is 1.70. The van der Waals surface area contributed by atoms with Crippen molar-refractivity contribution in [2.24, 2.45) is 0 Å². The Hall–Kier alpha value is -2.42. The molecular formula is C21H21BrN2O4S. The van der Waals surface area contributed by atoms with Crippen molar-refractivity contribution < 1.29 is 17.9 Å². The van der Waals surface area contributed by atoms with E-state index >= 15 is 0 Å². The summed E-state index contributed by atoms with van der Waals surface area (Å²) in [6.07, 6.45) is 0. The van der Waals surface area contributed by atoms with Crippen LogP contribution in [0.1, 0.15) is 5.56 Å². The van der Waals surface area contributed by atoms with E-state index in [-0.39, 0.29) is 17.4 Å². The van der Waals surface area contributed by atoms with Crippen LogP contribution in [0.3, 0.4) is 0 Å². The number of benzene rings is 3. The fraction of sp³-hybridized carbons (Fsp3) is 0.190. The average molecular weight is 477 g/mol. The van der Waals surface area contributed by atoms with E-state index in [9.17, 15) is 13.2 Å². The van der Waals surface area contributed by atoms with Gasteiger partial charge in [-0.25, -0.2) is 12.7 Å². The zero-order valence-corrected chi connectivity index (χ0v) is 18.7. The molecule has 0 saturated carbocycles. The molecule has 0 aliphatic heterocycles. The molecule has 29 heavy (non-hydrogen) atoms. The zero-order valence-electron chi connectivity index (χ0n) is 16.3. The summed E-state index contributed by atoms with van der Waals surface area (Å²) in [7, 11) is -0.660. The number of fused-ring (bicyclic) bond motifs is 1. The van der Waals surface area contributed by atoms with Crippen LogP contribution in [0, 0.1) is 6.92 Å². The Morgan fingerprint density at radius 2 is 1.72 bits per heavy atom. The van der Waals surface area contributed by atoms with Gasteiger partial charge >= 0.3 is 0 Å². The number of aryl methyl sites for hydroxylation is 1. The van der Waals surface area contributed by atoms with E-state index in [4.69, 9.17) is 4.74 Å². The molecule has 0 fully saturated rings. The average Bonchev–Trinajstić information content (AvgIpc) is 2.67. The number of anilines is 1. The first-order valence-corrected chi connectivity index (χ1v) is 11.1. The third-order valence-electron chi connectivity index (χ3n) is 4.41. The molecule has 3 rings (SSSR count). The number of ether oxygens (including phenoxy) is 1. The first kappa shape index (κ1) is 21.3. The van der Waals surface area contributed by atoms with Crippen LogP contribution < -0.4 is 10.1 Å². The van der Waals surface area contributed by atoms with Gasteiger partial charge in [-0.3, -0.25) is 4.79 Å². The van der Waals surface area contributed by atoms with E-state index in [2.05, 4.69) is 21.2 Å². The normalized spacial score (nSPS) is 11.6. The standard InChI is InChI=1S/C21H21BrN2O4S/c1-14-4-9-19(29(26,27)24(2)3)12-20(14)23-21(25)13-28-18-8-6-15-10-17(22)7-5-16(15)11-18/h4-12H,13H2,1-3H3,(H,23,25). The van der Waals surface area contributed by atoms with E-state index in [1.54, 1.807) is 19.1 Å². The van der Waals surface area contributed by atoms with Crippen LogP contribution >= 0.6 is 15.9 Å². The third kappa shape index (κ3) is 4.95. The van der Waals surface area contributed by atoms with Crippen LogP contribution in [-0.4, -0.2) is 39.3 Å². The number of hydrogen-bond acceptors (Lipinski definition) is 4. The Kier molecular flexibility index (Phi) is 6.26. The van der Waals surface area contributed by atoms with Crippen molar-refractivity contribution in [1.82, 2.24) is 4.31 Å². The zero-order chi connectivity index (χ0) is 21.2. The lowest BCUT2D eigenvalue weighted by molar-refractivity contribution is -0.118. The van der Waals surface area contributed by atoms with Crippen molar-refractivity contribution >= 4 is 48.3 Å². The van der Waals surface area contributed by atoms with E-state index < -0.39 is 10.0 Å². The Bertz CT molecular complexity index is 1180. The first-order valence-electron chi connectivity index (χ1n) is 8.82. The van der Waals surface area contributed by atoms with Crippen molar-refractivity contribution in [2.45, 2.75) is 11.8 Å². The maximum Gasteiger partial charge on any atom is 0.262 e. The number of halogens is 1. The number of sulfonamides is 1. The van der Waals surface area contributed by atoms with Gasteiger partial charge in [0.2, 0.25) is 10.0 Å². The molecule has 0 saturated heterocycles. The van der Waals surface area contributed by atoms with E-state index in [0.717, 1.165) is 25.1 Å². The molecule has 0 atom stereocenters. The van der Waals surface area contributed by atoms with Crippen LogP contribution in [0.15, 0.2) is 64.0 Å². The summed E-state index contributed by atoms with van der Waals surface area (Å²) >= 11 is 3.44. The lowest BCUT2D eigenvalue weighted by atomic mass is 10.1. The fourth-order valence-corrected chi connectivity index (χ4v) is 4.03. The minimum atomic E-state index is -3.58. The SMILES string of the molecule is Cc1ccc(S(=O)(=O)N(C)C)cc1NC(=O)COc1ccc2cc(Br)ccc2c1. The van der Waals surface area contributed by atoms with Crippen LogP contribution in [0.25, 0.3) is 10.8 Å². The summed E-state index contributed by atoms with van der Waals surface area (Å²) in [5, 5.41) is 4.79. The van der Waals surface area contributed by atoms with E-state index in [1.165, 1.54) is 26.2 Å². The molecule has 3 aromatic rings. The Morgan fingerprint density at radius 3 is 2.45 bits per heavy atom. The van der Waals surface area contributed by atoms with Crippen molar-refractivity contribution in [2.75, 3.05) is 26.0 Å². The molecule has 0 heterocycles. The van der Waals surface area contributed by atoms with Gasteiger partial charge in [-0.05, 0) is 59.7 Å². The maximum atomic E-state index is 12.3. The fourth-order valence-electron chi connectivity index (χ4n) is 2.73. The molecule has 3 aromatic carbocycles. The first-order chi connectivity index (χ1) is 13.7. The van der Waals surface area contributed by atoms with Crippen molar-refractivity contribution in [3.05, 3.63) is 64.6 Å². The number of carbonyl (C=O) groups is 1. The topological polar surface area (TPSA) is 75.7 Å². The second-order valence-electron chi connectivity index (χ2n) is 6.75. The van der Waals surface area contributed by atoms with Crippen LogP contribution in [0.4, 0.5) is 5.69 Å². The lowest BCUT2D eigenvalue weighted by Crippen LogP contribution is -2.23. The van der Waals surface area contributed by atoms with Gasteiger partial charge in [0, 0.05) is 24.3 Å². The smallest absolute Gasteiger partial charge is 0.262 e. The molecule has 0 aliphatic rings. The minimum Gasteiger partial charge on any atom is -0.484 e.